The summed E-state index contributed by atoms with van der Waals surface area (Å²) in [6, 6.07) is 12.8. The number of carbonyl (C=O) groups is 1. The van der Waals surface area contributed by atoms with Crippen LogP contribution in [0.25, 0.3) is 5.82 Å². The predicted octanol–water partition coefficient (Wildman–Crippen LogP) is 4.42. The van der Waals surface area contributed by atoms with Gasteiger partial charge in [-0.3, -0.25) is 4.79 Å². The van der Waals surface area contributed by atoms with Crippen molar-refractivity contribution in [3.63, 3.8) is 0 Å². The quantitative estimate of drug-likeness (QED) is 0.738. The van der Waals surface area contributed by atoms with Crippen LogP contribution in [0.1, 0.15) is 40.5 Å². The van der Waals surface area contributed by atoms with Gasteiger partial charge in [-0.2, -0.15) is 18.3 Å². The highest BCUT2D eigenvalue weighted by atomic mass is 19.4. The van der Waals surface area contributed by atoms with Crippen molar-refractivity contribution in [2.45, 2.75) is 24.9 Å². The predicted molar refractivity (Wildman–Crippen MR) is 92.7 cm³/mol. The zero-order valence-corrected chi connectivity index (χ0v) is 14.1. The average molecular weight is 372 g/mol. The lowest BCUT2D eigenvalue weighted by Gasteiger charge is -2.12. The van der Waals surface area contributed by atoms with Crippen LogP contribution >= 0.6 is 0 Å². The Balaban J connectivity index is 1.73. The second-order valence-corrected chi connectivity index (χ2v) is 6.33. The Labute approximate surface area is 152 Å². The molecule has 0 radical (unpaired) electrons. The molecule has 0 saturated heterocycles. The van der Waals surface area contributed by atoms with Crippen LogP contribution in [-0.4, -0.2) is 20.7 Å². The fourth-order valence-electron chi connectivity index (χ4n) is 2.82. The summed E-state index contributed by atoms with van der Waals surface area (Å²) in [4.78, 5) is 16.6. The molecule has 1 N–H and O–H groups in total. The zero-order valence-electron chi connectivity index (χ0n) is 14.1. The molecule has 2 heterocycles. The van der Waals surface area contributed by atoms with Crippen molar-refractivity contribution in [2.75, 3.05) is 5.32 Å². The number of pyridine rings is 1. The molecule has 0 aliphatic heterocycles. The first-order valence-corrected chi connectivity index (χ1v) is 8.42. The fourth-order valence-corrected chi connectivity index (χ4v) is 2.82. The molecular weight excluding hydrogens is 357 g/mol. The number of hydrogen-bond donors (Lipinski definition) is 1. The molecule has 138 valence electrons. The van der Waals surface area contributed by atoms with Crippen molar-refractivity contribution in [1.29, 1.82) is 0 Å². The summed E-state index contributed by atoms with van der Waals surface area (Å²) in [5.74, 6) is -0.187. The van der Waals surface area contributed by atoms with Crippen LogP contribution in [0.4, 0.5) is 18.9 Å². The lowest BCUT2D eigenvalue weighted by molar-refractivity contribution is -0.141. The number of rotatable bonds is 4. The maximum atomic E-state index is 13.1. The van der Waals surface area contributed by atoms with Crippen molar-refractivity contribution < 1.29 is 18.0 Å². The number of halogens is 3. The minimum atomic E-state index is -4.54. The molecule has 5 nitrogen and oxygen atoms in total. The third kappa shape index (κ3) is 3.55. The van der Waals surface area contributed by atoms with Gasteiger partial charge in [0.25, 0.3) is 5.91 Å². The van der Waals surface area contributed by atoms with Crippen LogP contribution in [0.5, 0.6) is 0 Å². The Morgan fingerprint density at radius 2 is 1.85 bits per heavy atom. The lowest BCUT2D eigenvalue weighted by atomic mass is 10.2. The van der Waals surface area contributed by atoms with Crippen molar-refractivity contribution >= 4 is 11.6 Å². The highest BCUT2D eigenvalue weighted by molar-refractivity contribution is 6.05. The van der Waals surface area contributed by atoms with Crippen molar-refractivity contribution in [3.05, 3.63) is 71.7 Å². The molecule has 2 aromatic heterocycles. The van der Waals surface area contributed by atoms with E-state index in [1.165, 1.54) is 10.9 Å². The Bertz CT molecular complexity index is 978. The minimum Gasteiger partial charge on any atom is -0.319 e. The van der Waals surface area contributed by atoms with E-state index in [2.05, 4.69) is 15.4 Å². The number of amides is 1. The van der Waals surface area contributed by atoms with Crippen LogP contribution in [0, 0.1) is 0 Å². The van der Waals surface area contributed by atoms with E-state index in [9.17, 15) is 18.0 Å². The number of benzene rings is 1. The van der Waals surface area contributed by atoms with Gasteiger partial charge in [0, 0.05) is 23.4 Å². The largest absolute Gasteiger partial charge is 0.435 e. The van der Waals surface area contributed by atoms with Gasteiger partial charge < -0.3 is 5.32 Å². The summed E-state index contributed by atoms with van der Waals surface area (Å²) in [5.41, 5.74) is 0.225. The zero-order chi connectivity index (χ0) is 19.0. The molecule has 1 aromatic carbocycles. The highest BCUT2D eigenvalue weighted by Crippen LogP contribution is 2.43. The Morgan fingerprint density at radius 1 is 1.11 bits per heavy atom. The first kappa shape index (κ1) is 17.3. The fraction of sp³-hybridized carbons (Fsp3) is 0.211. The van der Waals surface area contributed by atoms with Gasteiger partial charge in [-0.05, 0) is 43.2 Å². The molecule has 0 unspecified atom stereocenters. The van der Waals surface area contributed by atoms with E-state index in [1.807, 2.05) is 0 Å². The van der Waals surface area contributed by atoms with Crippen LogP contribution in [0.3, 0.4) is 0 Å². The van der Waals surface area contributed by atoms with Gasteiger partial charge in [0.15, 0.2) is 11.5 Å². The van der Waals surface area contributed by atoms with Crippen LogP contribution in [0.15, 0.2) is 54.7 Å². The maximum Gasteiger partial charge on any atom is 0.435 e. The smallest absolute Gasteiger partial charge is 0.319 e. The summed E-state index contributed by atoms with van der Waals surface area (Å²) < 4.78 is 40.6. The lowest BCUT2D eigenvalue weighted by Crippen LogP contribution is -2.16. The molecule has 8 heteroatoms. The van der Waals surface area contributed by atoms with Gasteiger partial charge >= 0.3 is 6.18 Å². The highest BCUT2D eigenvalue weighted by Gasteiger charge is 2.38. The second-order valence-electron chi connectivity index (χ2n) is 6.33. The topological polar surface area (TPSA) is 59.8 Å². The van der Waals surface area contributed by atoms with Crippen LogP contribution in [0.2, 0.25) is 0 Å². The van der Waals surface area contributed by atoms with Gasteiger partial charge in [-0.15, -0.1) is 0 Å². The summed E-state index contributed by atoms with van der Waals surface area (Å²) in [7, 11) is 0. The van der Waals surface area contributed by atoms with E-state index in [4.69, 9.17) is 0 Å². The van der Waals surface area contributed by atoms with Gasteiger partial charge in [-0.25, -0.2) is 9.67 Å². The van der Waals surface area contributed by atoms with E-state index in [-0.39, 0.29) is 17.6 Å². The molecule has 0 spiro atoms. The van der Waals surface area contributed by atoms with Gasteiger partial charge in [0.1, 0.15) is 0 Å². The first-order chi connectivity index (χ1) is 12.9. The molecule has 3 aromatic rings. The van der Waals surface area contributed by atoms with E-state index in [1.54, 1.807) is 42.5 Å². The van der Waals surface area contributed by atoms with Crippen molar-refractivity contribution in [1.82, 2.24) is 14.8 Å². The summed E-state index contributed by atoms with van der Waals surface area (Å²) >= 11 is 0. The molecule has 1 aliphatic rings. The number of nitrogens with zero attached hydrogens (tertiary/aromatic N) is 3. The number of alkyl halides is 3. The van der Waals surface area contributed by atoms with Crippen molar-refractivity contribution in [2.24, 2.45) is 0 Å². The third-order valence-electron chi connectivity index (χ3n) is 4.29. The number of anilines is 1. The Hall–Kier alpha value is -3.16. The summed E-state index contributed by atoms with van der Waals surface area (Å²) in [6.45, 7) is 0. The normalized spacial score (nSPS) is 14.2. The molecule has 0 atom stereocenters. The standard InChI is InChI=1S/C19H15F3N4O/c20-19(21,22)16-11-15(12-8-9-12)26(25-16)17-14(7-4-10-23-17)24-18(27)13-5-2-1-3-6-13/h1-7,10-12H,8-9H2,(H,24,27). The second kappa shape index (κ2) is 6.53. The summed E-state index contributed by atoms with van der Waals surface area (Å²) in [5, 5.41) is 6.45. The van der Waals surface area contributed by atoms with Crippen LogP contribution in [-0.2, 0) is 6.18 Å². The number of carbonyl (C=O) groups excluding carboxylic acids is 1. The van der Waals surface area contributed by atoms with Gasteiger partial charge in [-0.1, -0.05) is 18.2 Å². The summed E-state index contributed by atoms with van der Waals surface area (Å²) in [6.07, 6.45) is -1.47. The van der Waals surface area contributed by atoms with E-state index >= 15 is 0 Å². The number of hydrogen-bond acceptors (Lipinski definition) is 3. The molecule has 1 fully saturated rings. The SMILES string of the molecule is O=C(Nc1cccnc1-n1nc(C(F)(F)F)cc1C1CC1)c1ccccc1. The van der Waals surface area contributed by atoms with Crippen molar-refractivity contribution in [3.8, 4) is 5.82 Å². The third-order valence-corrected chi connectivity index (χ3v) is 4.29. The first-order valence-electron chi connectivity index (χ1n) is 8.42. The van der Waals surface area contributed by atoms with E-state index in [0.717, 1.165) is 18.9 Å². The number of aromatic nitrogens is 3. The average Bonchev–Trinajstić information content (AvgIpc) is 3.40. The molecule has 4 rings (SSSR count). The Kier molecular flexibility index (Phi) is 4.18. The van der Waals surface area contributed by atoms with E-state index < -0.39 is 11.9 Å². The molecule has 1 amide bonds. The molecule has 27 heavy (non-hydrogen) atoms. The monoisotopic (exact) mass is 372 g/mol. The minimum absolute atomic E-state index is 0.0216. The molecule has 0 bridgehead atoms. The van der Waals surface area contributed by atoms with Crippen LogP contribution < -0.4 is 5.32 Å². The number of nitrogens with one attached hydrogen (secondary N) is 1. The van der Waals surface area contributed by atoms with E-state index in [0.29, 0.717) is 16.9 Å². The maximum absolute atomic E-state index is 13.1. The molecule has 1 aliphatic carbocycles. The van der Waals surface area contributed by atoms with Gasteiger partial charge in [0.2, 0.25) is 0 Å². The molecule has 1 saturated carbocycles. The Morgan fingerprint density at radius 3 is 2.52 bits per heavy atom. The van der Waals surface area contributed by atoms with Gasteiger partial charge in [0.05, 0.1) is 5.69 Å². The molecular formula is C19H15F3N4O.